The van der Waals surface area contributed by atoms with Gasteiger partial charge in [0, 0.05) is 0 Å². The number of hydrogen-bond donors (Lipinski definition) is 2. The number of carbonyl (C=O) groups is 2. The summed E-state index contributed by atoms with van der Waals surface area (Å²) in [6, 6.07) is 0. The number of rotatable bonds is 6. The van der Waals surface area contributed by atoms with Gasteiger partial charge in [-0.3, -0.25) is 9.59 Å². The molecule has 0 heterocycles. The first-order valence-corrected chi connectivity index (χ1v) is 8.93. The minimum Gasteiger partial charge on any atom is -0.481 e. The molecule has 6 atom stereocenters. The van der Waals surface area contributed by atoms with Crippen LogP contribution in [0.2, 0.25) is 0 Å². The monoisotopic (exact) mass is 310 g/mol. The first kappa shape index (κ1) is 17.3. The Morgan fingerprint density at radius 3 is 2.05 bits per heavy atom. The number of fused-ring (bicyclic) bond motifs is 1. The summed E-state index contributed by atoms with van der Waals surface area (Å²) in [6.45, 7) is 4.24. The molecule has 0 aromatic heterocycles. The summed E-state index contributed by atoms with van der Waals surface area (Å²) in [6.07, 6.45) is 7.23. The lowest BCUT2D eigenvalue weighted by Gasteiger charge is -2.48. The zero-order chi connectivity index (χ0) is 16.3. The van der Waals surface area contributed by atoms with Crippen molar-refractivity contribution in [3.63, 3.8) is 0 Å². The molecule has 2 aliphatic carbocycles. The standard InChI is InChI=1S/C18H30O4/c1-3-5-11-8-14(17(19)20)9-13-7-12(6-4-2)16(18(21)22)10-15(11)13/h11-16H,3-10H2,1-2H3,(H,19,20)(H,21,22). The van der Waals surface area contributed by atoms with E-state index in [1.807, 2.05) is 0 Å². The molecular weight excluding hydrogens is 280 g/mol. The fourth-order valence-corrected chi connectivity index (χ4v) is 5.15. The maximum Gasteiger partial charge on any atom is 0.306 e. The van der Waals surface area contributed by atoms with E-state index in [0.717, 1.165) is 51.4 Å². The molecule has 2 rings (SSSR count). The Kier molecular flexibility index (Phi) is 5.87. The smallest absolute Gasteiger partial charge is 0.306 e. The third-order valence-corrected chi connectivity index (χ3v) is 6.07. The third kappa shape index (κ3) is 3.64. The minimum absolute atomic E-state index is 0.220. The Balaban J connectivity index is 2.18. The van der Waals surface area contributed by atoms with Crippen LogP contribution in [0.25, 0.3) is 0 Å². The maximum absolute atomic E-state index is 11.7. The molecule has 2 saturated carbocycles. The first-order valence-electron chi connectivity index (χ1n) is 8.93. The second-order valence-corrected chi connectivity index (χ2v) is 7.44. The van der Waals surface area contributed by atoms with Crippen molar-refractivity contribution >= 4 is 11.9 Å². The van der Waals surface area contributed by atoms with E-state index >= 15 is 0 Å². The zero-order valence-corrected chi connectivity index (χ0v) is 13.8. The van der Waals surface area contributed by atoms with E-state index in [2.05, 4.69) is 13.8 Å². The molecule has 22 heavy (non-hydrogen) atoms. The van der Waals surface area contributed by atoms with Crippen LogP contribution in [0.3, 0.4) is 0 Å². The number of carboxylic acid groups (broad SMARTS) is 2. The summed E-state index contributed by atoms with van der Waals surface area (Å²) < 4.78 is 0. The lowest BCUT2D eigenvalue weighted by molar-refractivity contribution is -0.152. The van der Waals surface area contributed by atoms with Gasteiger partial charge < -0.3 is 10.2 Å². The van der Waals surface area contributed by atoms with Crippen molar-refractivity contribution in [2.75, 3.05) is 0 Å². The fraction of sp³-hybridized carbons (Fsp3) is 0.889. The molecule has 6 unspecified atom stereocenters. The van der Waals surface area contributed by atoms with E-state index in [1.165, 1.54) is 0 Å². The fourth-order valence-electron chi connectivity index (χ4n) is 5.15. The summed E-state index contributed by atoms with van der Waals surface area (Å²) in [5, 5.41) is 19.0. The predicted octanol–water partition coefficient (Wildman–Crippen LogP) is 4.04. The van der Waals surface area contributed by atoms with Crippen molar-refractivity contribution in [3.05, 3.63) is 0 Å². The van der Waals surface area contributed by atoms with Gasteiger partial charge in [-0.1, -0.05) is 33.1 Å². The Bertz CT molecular complexity index is 406. The van der Waals surface area contributed by atoms with E-state index in [1.54, 1.807) is 0 Å². The van der Waals surface area contributed by atoms with Gasteiger partial charge in [0.05, 0.1) is 11.8 Å². The van der Waals surface area contributed by atoms with E-state index in [9.17, 15) is 19.8 Å². The first-order chi connectivity index (χ1) is 10.5. The highest BCUT2D eigenvalue weighted by atomic mass is 16.4. The van der Waals surface area contributed by atoms with Crippen LogP contribution in [-0.4, -0.2) is 22.2 Å². The minimum atomic E-state index is -0.660. The van der Waals surface area contributed by atoms with Gasteiger partial charge in [-0.2, -0.15) is 0 Å². The molecule has 4 heteroatoms. The highest BCUT2D eigenvalue weighted by Crippen LogP contribution is 2.51. The number of carboxylic acids is 2. The van der Waals surface area contributed by atoms with Gasteiger partial charge in [0.1, 0.15) is 0 Å². The van der Waals surface area contributed by atoms with Crippen LogP contribution in [0.5, 0.6) is 0 Å². The van der Waals surface area contributed by atoms with Crippen LogP contribution in [0.1, 0.15) is 65.2 Å². The molecule has 0 spiro atoms. The average molecular weight is 310 g/mol. The Hall–Kier alpha value is -1.06. The van der Waals surface area contributed by atoms with Gasteiger partial charge >= 0.3 is 11.9 Å². The molecular formula is C18H30O4. The van der Waals surface area contributed by atoms with Crippen LogP contribution in [0, 0.1) is 35.5 Å². The topological polar surface area (TPSA) is 74.6 Å². The SMILES string of the molecule is CCCC1CC2CC(C(=O)O)CC(CCC)C2CC1C(=O)O. The van der Waals surface area contributed by atoms with Gasteiger partial charge in [0.15, 0.2) is 0 Å². The highest BCUT2D eigenvalue weighted by molar-refractivity contribution is 5.71. The van der Waals surface area contributed by atoms with Crippen LogP contribution >= 0.6 is 0 Å². The molecule has 4 nitrogen and oxygen atoms in total. The van der Waals surface area contributed by atoms with E-state index in [4.69, 9.17) is 0 Å². The molecule has 126 valence electrons. The van der Waals surface area contributed by atoms with E-state index in [0.29, 0.717) is 17.8 Å². The van der Waals surface area contributed by atoms with Gasteiger partial charge in [0.25, 0.3) is 0 Å². The Labute approximate surface area is 133 Å². The molecule has 0 aromatic carbocycles. The van der Waals surface area contributed by atoms with Crippen LogP contribution in [-0.2, 0) is 9.59 Å². The second-order valence-electron chi connectivity index (χ2n) is 7.44. The summed E-state index contributed by atoms with van der Waals surface area (Å²) in [7, 11) is 0. The quantitative estimate of drug-likeness (QED) is 0.776. The molecule has 0 amide bonds. The van der Waals surface area contributed by atoms with E-state index < -0.39 is 11.9 Å². The van der Waals surface area contributed by atoms with Crippen molar-refractivity contribution in [1.82, 2.24) is 0 Å². The van der Waals surface area contributed by atoms with Crippen LogP contribution in [0.4, 0.5) is 0 Å². The van der Waals surface area contributed by atoms with Gasteiger partial charge in [-0.05, 0) is 55.8 Å². The van der Waals surface area contributed by atoms with Gasteiger partial charge in [-0.15, -0.1) is 0 Å². The zero-order valence-electron chi connectivity index (χ0n) is 13.8. The molecule has 0 radical (unpaired) electrons. The lowest BCUT2D eigenvalue weighted by Crippen LogP contribution is -2.44. The molecule has 0 saturated heterocycles. The highest BCUT2D eigenvalue weighted by Gasteiger charge is 2.47. The second kappa shape index (κ2) is 7.47. The van der Waals surface area contributed by atoms with Crippen molar-refractivity contribution in [2.24, 2.45) is 35.5 Å². The van der Waals surface area contributed by atoms with E-state index in [-0.39, 0.29) is 17.8 Å². The largest absolute Gasteiger partial charge is 0.481 e. The Morgan fingerprint density at radius 1 is 0.864 bits per heavy atom. The molecule has 0 bridgehead atoms. The molecule has 2 fully saturated rings. The maximum atomic E-state index is 11.7. The Morgan fingerprint density at radius 2 is 1.50 bits per heavy atom. The van der Waals surface area contributed by atoms with Crippen LogP contribution < -0.4 is 0 Å². The molecule has 2 aliphatic rings. The molecule has 2 N–H and O–H groups in total. The summed E-state index contributed by atoms with van der Waals surface area (Å²) in [5.41, 5.74) is 0. The van der Waals surface area contributed by atoms with Crippen molar-refractivity contribution in [3.8, 4) is 0 Å². The summed E-state index contributed by atoms with van der Waals surface area (Å²) in [5.74, 6) is -0.279. The normalized spacial score (nSPS) is 38.3. The lowest BCUT2D eigenvalue weighted by atomic mass is 9.56. The third-order valence-electron chi connectivity index (χ3n) is 6.07. The van der Waals surface area contributed by atoms with Crippen molar-refractivity contribution in [1.29, 1.82) is 0 Å². The summed E-state index contributed by atoms with van der Waals surface area (Å²) >= 11 is 0. The number of aliphatic carboxylic acids is 2. The van der Waals surface area contributed by atoms with Crippen molar-refractivity contribution < 1.29 is 19.8 Å². The molecule has 0 aliphatic heterocycles. The predicted molar refractivity (Wildman–Crippen MR) is 84.5 cm³/mol. The summed E-state index contributed by atoms with van der Waals surface area (Å²) in [4.78, 5) is 23.1. The average Bonchev–Trinajstić information content (AvgIpc) is 2.46. The van der Waals surface area contributed by atoms with Crippen molar-refractivity contribution in [2.45, 2.75) is 65.2 Å². The van der Waals surface area contributed by atoms with Crippen LogP contribution in [0.15, 0.2) is 0 Å². The molecule has 0 aromatic rings. The number of hydrogen-bond acceptors (Lipinski definition) is 2. The van der Waals surface area contributed by atoms with Gasteiger partial charge in [-0.25, -0.2) is 0 Å². The van der Waals surface area contributed by atoms with Gasteiger partial charge in [0.2, 0.25) is 0 Å².